The van der Waals surface area contributed by atoms with Crippen molar-refractivity contribution >= 4 is 0 Å². The van der Waals surface area contributed by atoms with Crippen molar-refractivity contribution in [1.29, 1.82) is 0 Å². The number of aliphatic hydroxyl groups is 1. The Morgan fingerprint density at radius 1 is 1.58 bits per heavy atom. The van der Waals surface area contributed by atoms with E-state index in [-0.39, 0.29) is 12.0 Å². The molecule has 0 bridgehead atoms. The average Bonchev–Trinajstić information content (AvgIpc) is 2.34. The number of nitrogens with zero attached hydrogens (tertiary/aromatic N) is 1. The fraction of sp³-hybridized carbons (Fsp3) is 1.00. The van der Waals surface area contributed by atoms with Gasteiger partial charge in [0, 0.05) is 19.7 Å². The van der Waals surface area contributed by atoms with Crippen molar-refractivity contribution in [1.82, 2.24) is 5.06 Å². The predicted octanol–water partition coefficient (Wildman–Crippen LogP) is 1.03. The molecule has 1 fully saturated rings. The maximum Gasteiger partial charge on any atom is 0.0656 e. The van der Waals surface area contributed by atoms with Crippen LogP contribution in [0.3, 0.4) is 0 Å². The lowest BCUT2D eigenvalue weighted by Gasteiger charge is -2.22. The Balaban J connectivity index is 2.32. The highest BCUT2D eigenvalue weighted by atomic mass is 16.7. The zero-order chi connectivity index (χ0) is 9.03. The first-order valence-electron chi connectivity index (χ1n) is 4.69. The minimum absolute atomic E-state index is 0.268. The van der Waals surface area contributed by atoms with Gasteiger partial charge in [-0.15, -0.1) is 0 Å². The van der Waals surface area contributed by atoms with E-state index in [1.807, 2.05) is 12.0 Å². The Hall–Kier alpha value is -0.120. The third kappa shape index (κ3) is 2.44. The van der Waals surface area contributed by atoms with Crippen LogP contribution < -0.4 is 0 Å². The highest BCUT2D eigenvalue weighted by Crippen LogP contribution is 2.32. The smallest absolute Gasteiger partial charge is 0.0656 e. The van der Waals surface area contributed by atoms with Crippen LogP contribution in [0, 0.1) is 5.41 Å². The van der Waals surface area contributed by atoms with Crippen molar-refractivity contribution in [2.45, 2.75) is 26.7 Å². The Morgan fingerprint density at radius 2 is 2.33 bits per heavy atom. The van der Waals surface area contributed by atoms with E-state index in [1.54, 1.807) is 0 Å². The van der Waals surface area contributed by atoms with Crippen LogP contribution in [0.5, 0.6) is 0 Å². The van der Waals surface area contributed by atoms with E-state index in [1.165, 1.54) is 0 Å². The second kappa shape index (κ2) is 4.21. The van der Waals surface area contributed by atoms with E-state index in [2.05, 4.69) is 6.92 Å². The van der Waals surface area contributed by atoms with Gasteiger partial charge in [0.25, 0.3) is 0 Å². The highest BCUT2D eigenvalue weighted by molar-refractivity contribution is 4.82. The van der Waals surface area contributed by atoms with Crippen LogP contribution in [0.4, 0.5) is 0 Å². The summed E-state index contributed by atoms with van der Waals surface area (Å²) in [6.07, 6.45) is 2.02. The van der Waals surface area contributed by atoms with Gasteiger partial charge in [-0.1, -0.05) is 6.92 Å². The summed E-state index contributed by atoms with van der Waals surface area (Å²) in [7, 11) is 0. The van der Waals surface area contributed by atoms with Crippen LogP contribution in [0.1, 0.15) is 26.7 Å². The largest absolute Gasteiger partial charge is 0.396 e. The number of hydroxylamine groups is 2. The monoisotopic (exact) mass is 173 g/mol. The topological polar surface area (TPSA) is 32.7 Å². The maximum atomic E-state index is 8.85. The molecule has 1 rings (SSSR count). The zero-order valence-corrected chi connectivity index (χ0v) is 8.05. The van der Waals surface area contributed by atoms with Gasteiger partial charge in [-0.05, 0) is 25.2 Å². The molecule has 3 nitrogen and oxygen atoms in total. The Bertz CT molecular complexity index is 140. The van der Waals surface area contributed by atoms with Gasteiger partial charge >= 0.3 is 0 Å². The molecular weight excluding hydrogens is 154 g/mol. The van der Waals surface area contributed by atoms with Crippen LogP contribution in [0.2, 0.25) is 0 Å². The van der Waals surface area contributed by atoms with Crippen LogP contribution in [0.15, 0.2) is 0 Å². The molecule has 1 unspecified atom stereocenters. The van der Waals surface area contributed by atoms with E-state index in [0.717, 1.165) is 32.5 Å². The maximum absolute atomic E-state index is 8.85. The molecule has 1 aliphatic rings. The predicted molar refractivity (Wildman–Crippen MR) is 47.6 cm³/mol. The highest BCUT2D eigenvalue weighted by Gasteiger charge is 2.33. The van der Waals surface area contributed by atoms with Crippen LogP contribution in [-0.4, -0.2) is 36.5 Å². The standard InChI is InChI=1S/C9H19NO2/c1-3-12-10-6-4-9(2,8-10)5-7-11/h11H,3-8H2,1-2H3. The minimum Gasteiger partial charge on any atom is -0.396 e. The molecule has 0 saturated carbocycles. The third-order valence-corrected chi connectivity index (χ3v) is 2.55. The van der Waals surface area contributed by atoms with Gasteiger partial charge in [0.2, 0.25) is 0 Å². The summed E-state index contributed by atoms with van der Waals surface area (Å²) in [4.78, 5) is 5.40. The Kier molecular flexibility index (Phi) is 3.50. The number of rotatable bonds is 4. The molecule has 1 heterocycles. The average molecular weight is 173 g/mol. The lowest BCUT2D eigenvalue weighted by Crippen LogP contribution is -2.26. The molecule has 0 aromatic carbocycles. The van der Waals surface area contributed by atoms with Crippen molar-refractivity contribution in [2.24, 2.45) is 5.41 Å². The van der Waals surface area contributed by atoms with Crippen LogP contribution in [0.25, 0.3) is 0 Å². The fourth-order valence-electron chi connectivity index (χ4n) is 1.75. The summed E-state index contributed by atoms with van der Waals surface area (Å²) >= 11 is 0. The van der Waals surface area contributed by atoms with Gasteiger partial charge in [0.05, 0.1) is 6.61 Å². The number of hydrogen-bond acceptors (Lipinski definition) is 3. The minimum atomic E-state index is 0.268. The summed E-state index contributed by atoms with van der Waals surface area (Å²) in [5.41, 5.74) is 0.268. The molecule has 3 heteroatoms. The Morgan fingerprint density at radius 3 is 2.92 bits per heavy atom. The molecule has 72 valence electrons. The van der Waals surface area contributed by atoms with E-state index < -0.39 is 0 Å². The van der Waals surface area contributed by atoms with E-state index in [9.17, 15) is 0 Å². The van der Waals surface area contributed by atoms with Crippen molar-refractivity contribution in [3.63, 3.8) is 0 Å². The molecule has 0 aromatic rings. The third-order valence-electron chi connectivity index (χ3n) is 2.55. The van der Waals surface area contributed by atoms with Gasteiger partial charge in [-0.2, -0.15) is 5.06 Å². The second-order valence-corrected chi connectivity index (χ2v) is 3.82. The SMILES string of the molecule is CCON1CCC(C)(CCO)C1. The summed E-state index contributed by atoms with van der Waals surface area (Å²) in [5, 5.41) is 10.9. The number of hydrogen-bond donors (Lipinski definition) is 1. The second-order valence-electron chi connectivity index (χ2n) is 3.82. The van der Waals surface area contributed by atoms with Crippen molar-refractivity contribution in [2.75, 3.05) is 26.3 Å². The first-order valence-corrected chi connectivity index (χ1v) is 4.69. The molecule has 1 N–H and O–H groups in total. The molecule has 0 radical (unpaired) electrons. The van der Waals surface area contributed by atoms with E-state index in [0.29, 0.717) is 0 Å². The number of aliphatic hydroxyl groups excluding tert-OH is 1. The molecule has 0 amide bonds. The van der Waals surface area contributed by atoms with Gasteiger partial charge in [0.1, 0.15) is 0 Å². The molecule has 1 atom stereocenters. The molecule has 0 aromatic heterocycles. The molecule has 0 aliphatic carbocycles. The summed E-state index contributed by atoms with van der Waals surface area (Å²) < 4.78 is 0. The first-order chi connectivity index (χ1) is 5.70. The van der Waals surface area contributed by atoms with E-state index >= 15 is 0 Å². The normalized spacial score (nSPS) is 31.2. The molecule has 1 aliphatic heterocycles. The van der Waals surface area contributed by atoms with Gasteiger partial charge in [-0.25, -0.2) is 0 Å². The summed E-state index contributed by atoms with van der Waals surface area (Å²) in [6.45, 7) is 7.21. The fourth-order valence-corrected chi connectivity index (χ4v) is 1.75. The summed E-state index contributed by atoms with van der Waals surface area (Å²) in [5.74, 6) is 0. The van der Waals surface area contributed by atoms with Gasteiger partial charge < -0.3 is 5.11 Å². The lowest BCUT2D eigenvalue weighted by molar-refractivity contribution is -0.143. The lowest BCUT2D eigenvalue weighted by atomic mass is 9.87. The zero-order valence-electron chi connectivity index (χ0n) is 8.05. The van der Waals surface area contributed by atoms with Crippen molar-refractivity contribution in [3.8, 4) is 0 Å². The van der Waals surface area contributed by atoms with Crippen LogP contribution in [-0.2, 0) is 4.84 Å². The quantitative estimate of drug-likeness (QED) is 0.689. The van der Waals surface area contributed by atoms with Gasteiger partial charge in [0.15, 0.2) is 0 Å². The van der Waals surface area contributed by atoms with Crippen molar-refractivity contribution in [3.05, 3.63) is 0 Å². The van der Waals surface area contributed by atoms with Gasteiger partial charge in [-0.3, -0.25) is 4.84 Å². The molecular formula is C9H19NO2. The molecule has 12 heavy (non-hydrogen) atoms. The Labute approximate surface area is 74.3 Å². The molecule has 1 saturated heterocycles. The molecule has 0 spiro atoms. The van der Waals surface area contributed by atoms with Crippen molar-refractivity contribution < 1.29 is 9.94 Å². The first kappa shape index (κ1) is 9.96. The van der Waals surface area contributed by atoms with E-state index in [4.69, 9.17) is 9.94 Å². The van der Waals surface area contributed by atoms with Crippen LogP contribution >= 0.6 is 0 Å². The summed E-state index contributed by atoms with van der Waals surface area (Å²) in [6, 6.07) is 0.